The first-order chi connectivity index (χ1) is 6.16. The quantitative estimate of drug-likeness (QED) is 0.765. The van der Waals surface area contributed by atoms with Crippen molar-refractivity contribution in [1.82, 2.24) is 4.90 Å². The zero-order chi connectivity index (χ0) is 9.84. The predicted molar refractivity (Wildman–Crippen MR) is 54.1 cm³/mol. The molecule has 0 aromatic carbocycles. The van der Waals surface area contributed by atoms with Crippen LogP contribution >= 0.6 is 15.9 Å². The number of carbonyl (C=O) groups excluding carboxylic acids is 1. The van der Waals surface area contributed by atoms with Gasteiger partial charge < -0.3 is 9.32 Å². The second kappa shape index (κ2) is 4.46. The van der Waals surface area contributed by atoms with Crippen LogP contribution in [0.25, 0.3) is 0 Å². The summed E-state index contributed by atoms with van der Waals surface area (Å²) in [6, 6.07) is 1.85. The molecule has 0 saturated carbocycles. The van der Waals surface area contributed by atoms with Gasteiger partial charge in [-0.1, -0.05) is 15.9 Å². The van der Waals surface area contributed by atoms with Crippen LogP contribution in [0, 0.1) is 0 Å². The van der Waals surface area contributed by atoms with Crippen molar-refractivity contribution >= 4 is 21.8 Å². The summed E-state index contributed by atoms with van der Waals surface area (Å²) in [6.07, 6.45) is 2.96. The molecular weight excluding hydrogens is 234 g/mol. The van der Waals surface area contributed by atoms with E-state index in [2.05, 4.69) is 15.9 Å². The number of halogens is 1. The molecule has 13 heavy (non-hydrogen) atoms. The molecule has 0 bridgehead atoms. The largest absolute Gasteiger partial charge is 0.472 e. The van der Waals surface area contributed by atoms with Crippen LogP contribution in [0.1, 0.15) is 17.3 Å². The van der Waals surface area contributed by atoms with E-state index in [0.717, 1.165) is 5.33 Å². The molecule has 0 aliphatic heterocycles. The molecule has 1 aromatic heterocycles. The Balaban J connectivity index is 2.68. The van der Waals surface area contributed by atoms with Gasteiger partial charge in [-0.3, -0.25) is 4.79 Å². The molecule has 72 valence electrons. The third kappa shape index (κ3) is 2.34. The second-order valence-electron chi connectivity index (χ2n) is 2.93. The fraction of sp³-hybridized carbons (Fsp3) is 0.444. The lowest BCUT2D eigenvalue weighted by molar-refractivity contribution is 0.0757. The SMILES string of the molecule is CC(CBr)N(C)C(=O)c1ccoc1. The zero-order valence-corrected chi connectivity index (χ0v) is 9.24. The minimum absolute atomic E-state index is 0.0132. The molecule has 0 N–H and O–H groups in total. The van der Waals surface area contributed by atoms with Crippen LogP contribution in [-0.4, -0.2) is 29.2 Å². The molecule has 1 atom stereocenters. The fourth-order valence-corrected chi connectivity index (χ4v) is 1.33. The summed E-state index contributed by atoms with van der Waals surface area (Å²) in [4.78, 5) is 13.3. The molecule has 3 nitrogen and oxygen atoms in total. The Morgan fingerprint density at radius 1 is 1.77 bits per heavy atom. The monoisotopic (exact) mass is 245 g/mol. The molecule has 0 aliphatic carbocycles. The van der Waals surface area contributed by atoms with Crippen LogP contribution in [0.5, 0.6) is 0 Å². The van der Waals surface area contributed by atoms with Gasteiger partial charge in [0.15, 0.2) is 0 Å². The molecule has 1 amide bonds. The van der Waals surface area contributed by atoms with Crippen LogP contribution in [0.2, 0.25) is 0 Å². The van der Waals surface area contributed by atoms with E-state index in [1.807, 2.05) is 6.92 Å². The molecule has 1 rings (SSSR count). The highest BCUT2D eigenvalue weighted by atomic mass is 79.9. The Morgan fingerprint density at radius 2 is 2.46 bits per heavy atom. The maximum absolute atomic E-state index is 11.7. The summed E-state index contributed by atoms with van der Waals surface area (Å²) < 4.78 is 4.84. The number of rotatable bonds is 3. The highest BCUT2D eigenvalue weighted by Crippen LogP contribution is 2.08. The van der Waals surface area contributed by atoms with Gasteiger partial charge in [-0.25, -0.2) is 0 Å². The highest BCUT2D eigenvalue weighted by Gasteiger charge is 2.16. The Labute approximate surface area is 85.8 Å². The van der Waals surface area contributed by atoms with Gasteiger partial charge >= 0.3 is 0 Å². The van der Waals surface area contributed by atoms with Gasteiger partial charge in [0.05, 0.1) is 11.8 Å². The maximum atomic E-state index is 11.7. The molecule has 1 unspecified atom stereocenters. The van der Waals surface area contributed by atoms with Crippen LogP contribution in [-0.2, 0) is 0 Å². The smallest absolute Gasteiger partial charge is 0.257 e. The number of furan rings is 1. The summed E-state index contributed by atoms with van der Waals surface area (Å²) in [7, 11) is 1.78. The third-order valence-corrected chi connectivity index (χ3v) is 2.91. The summed E-state index contributed by atoms with van der Waals surface area (Å²) in [5, 5.41) is 0.771. The summed E-state index contributed by atoms with van der Waals surface area (Å²) in [6.45, 7) is 1.98. The lowest BCUT2D eigenvalue weighted by Crippen LogP contribution is -2.35. The maximum Gasteiger partial charge on any atom is 0.257 e. The Bertz CT molecular complexity index is 271. The Kier molecular flexibility index (Phi) is 3.54. The molecule has 0 radical (unpaired) electrons. The number of nitrogens with zero attached hydrogens (tertiary/aromatic N) is 1. The standard InChI is InChI=1S/C9H12BrNO2/c1-7(5-10)11(2)9(12)8-3-4-13-6-8/h3-4,6-7H,5H2,1-2H3. The zero-order valence-electron chi connectivity index (χ0n) is 7.66. The molecule has 0 fully saturated rings. The molecule has 0 aliphatic rings. The first-order valence-electron chi connectivity index (χ1n) is 4.02. The van der Waals surface area contributed by atoms with Crippen molar-refractivity contribution in [3.63, 3.8) is 0 Å². The number of hydrogen-bond acceptors (Lipinski definition) is 2. The van der Waals surface area contributed by atoms with Crippen molar-refractivity contribution in [2.75, 3.05) is 12.4 Å². The summed E-state index contributed by atoms with van der Waals surface area (Å²) in [5.41, 5.74) is 0.593. The normalized spacial score (nSPS) is 12.5. The highest BCUT2D eigenvalue weighted by molar-refractivity contribution is 9.09. The third-order valence-electron chi connectivity index (χ3n) is 1.97. The van der Waals surface area contributed by atoms with Crippen LogP contribution in [0.15, 0.2) is 23.0 Å². The first kappa shape index (κ1) is 10.3. The van der Waals surface area contributed by atoms with E-state index < -0.39 is 0 Å². The number of carbonyl (C=O) groups is 1. The van der Waals surface area contributed by atoms with Gasteiger partial charge in [-0.05, 0) is 13.0 Å². The van der Waals surface area contributed by atoms with Crippen molar-refractivity contribution in [1.29, 1.82) is 0 Å². The average molecular weight is 246 g/mol. The Morgan fingerprint density at radius 3 is 2.92 bits per heavy atom. The Hall–Kier alpha value is -0.770. The average Bonchev–Trinajstić information content (AvgIpc) is 2.67. The minimum atomic E-state index is -0.0132. The van der Waals surface area contributed by atoms with Crippen molar-refractivity contribution in [3.05, 3.63) is 24.2 Å². The van der Waals surface area contributed by atoms with Crippen LogP contribution < -0.4 is 0 Å². The van der Waals surface area contributed by atoms with Crippen molar-refractivity contribution < 1.29 is 9.21 Å². The molecule has 0 saturated heterocycles. The van der Waals surface area contributed by atoms with Gasteiger partial charge in [0.25, 0.3) is 5.91 Å². The molecular formula is C9H12BrNO2. The number of alkyl halides is 1. The topological polar surface area (TPSA) is 33.5 Å². The number of amides is 1. The number of hydrogen-bond donors (Lipinski definition) is 0. The summed E-state index contributed by atoms with van der Waals surface area (Å²) in [5.74, 6) is -0.0132. The van der Waals surface area contributed by atoms with Crippen molar-refractivity contribution in [3.8, 4) is 0 Å². The minimum Gasteiger partial charge on any atom is -0.472 e. The first-order valence-corrected chi connectivity index (χ1v) is 5.14. The fourth-order valence-electron chi connectivity index (χ4n) is 0.893. The molecule has 1 heterocycles. The molecule has 0 spiro atoms. The van der Waals surface area contributed by atoms with Gasteiger partial charge in [-0.15, -0.1) is 0 Å². The van der Waals surface area contributed by atoms with Crippen LogP contribution in [0.4, 0.5) is 0 Å². The lowest BCUT2D eigenvalue weighted by Gasteiger charge is -2.22. The van der Waals surface area contributed by atoms with E-state index >= 15 is 0 Å². The van der Waals surface area contributed by atoms with Crippen molar-refractivity contribution in [2.45, 2.75) is 13.0 Å². The van der Waals surface area contributed by atoms with Gasteiger partial charge in [0.2, 0.25) is 0 Å². The second-order valence-corrected chi connectivity index (χ2v) is 3.58. The van der Waals surface area contributed by atoms with Crippen molar-refractivity contribution in [2.24, 2.45) is 0 Å². The van der Waals surface area contributed by atoms with Gasteiger partial charge in [0, 0.05) is 18.4 Å². The summed E-state index contributed by atoms with van der Waals surface area (Å²) >= 11 is 3.33. The van der Waals surface area contributed by atoms with E-state index in [-0.39, 0.29) is 11.9 Å². The van der Waals surface area contributed by atoms with Crippen LogP contribution in [0.3, 0.4) is 0 Å². The van der Waals surface area contributed by atoms with E-state index in [1.54, 1.807) is 18.0 Å². The van der Waals surface area contributed by atoms with Gasteiger partial charge in [-0.2, -0.15) is 0 Å². The van der Waals surface area contributed by atoms with E-state index in [4.69, 9.17) is 4.42 Å². The predicted octanol–water partition coefficient (Wildman–Crippen LogP) is 2.13. The van der Waals surface area contributed by atoms with E-state index in [1.165, 1.54) is 12.5 Å². The molecule has 4 heteroatoms. The lowest BCUT2D eigenvalue weighted by atomic mass is 10.2. The molecule has 1 aromatic rings. The van der Waals surface area contributed by atoms with E-state index in [9.17, 15) is 4.79 Å². The van der Waals surface area contributed by atoms with Gasteiger partial charge in [0.1, 0.15) is 6.26 Å². The van der Waals surface area contributed by atoms with E-state index in [0.29, 0.717) is 5.56 Å².